The van der Waals surface area contributed by atoms with Crippen LogP contribution < -0.4 is 10.1 Å². The van der Waals surface area contributed by atoms with Gasteiger partial charge in [-0.2, -0.15) is 0 Å². The van der Waals surface area contributed by atoms with Gasteiger partial charge < -0.3 is 10.1 Å². The molecule has 0 aliphatic heterocycles. The molecule has 3 aromatic carbocycles. The van der Waals surface area contributed by atoms with Crippen LogP contribution in [-0.4, -0.2) is 18.7 Å². The number of carbonyl (C=O) groups excluding carboxylic acids is 1. The van der Waals surface area contributed by atoms with E-state index in [-0.39, 0.29) is 12.5 Å². The van der Waals surface area contributed by atoms with Crippen molar-refractivity contribution >= 4 is 35.1 Å². The number of anilines is 1. The number of hydrogen-bond acceptors (Lipinski definition) is 3. The molecule has 1 N–H and O–H groups in total. The Hall–Kier alpha value is -3.11. The summed E-state index contributed by atoms with van der Waals surface area (Å²) >= 11 is 6.10. The van der Waals surface area contributed by atoms with E-state index in [4.69, 9.17) is 16.3 Å². The molecule has 0 bridgehead atoms. The van der Waals surface area contributed by atoms with Gasteiger partial charge in [-0.25, -0.2) is 0 Å². The number of halogens is 1. The molecule has 3 aromatic rings. The van der Waals surface area contributed by atoms with Gasteiger partial charge in [-0.05, 0) is 67.8 Å². The Morgan fingerprint density at radius 3 is 2.62 bits per heavy atom. The summed E-state index contributed by atoms with van der Waals surface area (Å²) in [5.74, 6) is 0.338. The summed E-state index contributed by atoms with van der Waals surface area (Å²) < 4.78 is 5.73. The van der Waals surface area contributed by atoms with Crippen LogP contribution in [0.15, 0.2) is 65.7 Å². The van der Waals surface area contributed by atoms with Crippen LogP contribution in [-0.2, 0) is 4.79 Å². The van der Waals surface area contributed by atoms with E-state index in [9.17, 15) is 4.79 Å². The van der Waals surface area contributed by atoms with E-state index in [2.05, 4.69) is 23.3 Å². The molecule has 148 valence electrons. The number of ether oxygens (including phenoxy) is 1. The summed E-state index contributed by atoms with van der Waals surface area (Å²) in [6, 6.07) is 18.9. The summed E-state index contributed by atoms with van der Waals surface area (Å²) in [5, 5.41) is 3.40. The fourth-order valence-corrected chi connectivity index (χ4v) is 2.92. The van der Waals surface area contributed by atoms with Crippen molar-refractivity contribution < 1.29 is 9.53 Å². The van der Waals surface area contributed by atoms with Crippen molar-refractivity contribution in [3.63, 3.8) is 0 Å². The molecule has 0 spiro atoms. The van der Waals surface area contributed by atoms with Gasteiger partial charge in [0.2, 0.25) is 0 Å². The Morgan fingerprint density at radius 1 is 1.03 bits per heavy atom. The number of aliphatic imine (C=N–C) groups is 1. The van der Waals surface area contributed by atoms with E-state index in [1.54, 1.807) is 12.3 Å². The van der Waals surface area contributed by atoms with Gasteiger partial charge in [-0.3, -0.25) is 9.79 Å². The quantitative estimate of drug-likeness (QED) is 0.508. The van der Waals surface area contributed by atoms with Crippen LogP contribution in [0.4, 0.5) is 11.4 Å². The summed E-state index contributed by atoms with van der Waals surface area (Å²) in [5.41, 5.74) is 5.64. The maximum atomic E-state index is 12.2. The maximum Gasteiger partial charge on any atom is 0.262 e. The number of nitrogens with one attached hydrogen (secondary N) is 1. The second-order valence-corrected chi connectivity index (χ2v) is 7.22. The lowest BCUT2D eigenvalue weighted by Gasteiger charge is -2.10. The number of hydrogen-bond donors (Lipinski definition) is 1. The van der Waals surface area contributed by atoms with E-state index in [0.29, 0.717) is 16.5 Å². The summed E-state index contributed by atoms with van der Waals surface area (Å²) in [7, 11) is 0. The largest absolute Gasteiger partial charge is 0.483 e. The first-order chi connectivity index (χ1) is 13.9. The first kappa shape index (κ1) is 20.6. The third-order valence-electron chi connectivity index (χ3n) is 4.65. The van der Waals surface area contributed by atoms with Gasteiger partial charge in [0.25, 0.3) is 5.91 Å². The lowest BCUT2D eigenvalue weighted by atomic mass is 10.1. The van der Waals surface area contributed by atoms with Crippen LogP contribution in [0, 0.1) is 20.8 Å². The zero-order valence-electron chi connectivity index (χ0n) is 16.7. The van der Waals surface area contributed by atoms with Crippen LogP contribution in [0.3, 0.4) is 0 Å². The Morgan fingerprint density at radius 2 is 1.83 bits per heavy atom. The number of amides is 1. The molecule has 0 saturated carbocycles. The minimum atomic E-state index is -0.258. The zero-order valence-corrected chi connectivity index (χ0v) is 17.5. The summed E-state index contributed by atoms with van der Waals surface area (Å²) in [6.07, 6.45) is 1.76. The number of nitrogens with zero attached hydrogens (tertiary/aromatic N) is 1. The predicted molar refractivity (Wildman–Crippen MR) is 120 cm³/mol. The van der Waals surface area contributed by atoms with Gasteiger partial charge in [0.05, 0.1) is 5.69 Å². The van der Waals surface area contributed by atoms with Gasteiger partial charge in [0.1, 0.15) is 5.75 Å². The average Bonchev–Trinajstić information content (AvgIpc) is 2.71. The Balaban J connectivity index is 1.67. The van der Waals surface area contributed by atoms with Gasteiger partial charge in [-0.1, -0.05) is 41.9 Å². The molecule has 1 amide bonds. The summed E-state index contributed by atoms with van der Waals surface area (Å²) in [4.78, 5) is 16.8. The monoisotopic (exact) mass is 406 g/mol. The highest BCUT2D eigenvalue weighted by Gasteiger charge is 2.07. The number of aryl methyl sites for hydroxylation is 2. The SMILES string of the molecule is Cc1ccc(NC(=O)COc2ccccc2C=Nc2cccc(C)c2C)cc1Cl. The molecule has 5 heteroatoms. The van der Waals surface area contributed by atoms with Crippen LogP contribution in [0.2, 0.25) is 5.02 Å². The molecule has 0 heterocycles. The highest BCUT2D eigenvalue weighted by atomic mass is 35.5. The van der Waals surface area contributed by atoms with Crippen molar-refractivity contribution in [1.29, 1.82) is 0 Å². The van der Waals surface area contributed by atoms with Crippen molar-refractivity contribution in [3.8, 4) is 5.75 Å². The molecule has 0 aliphatic carbocycles. The molecule has 0 aromatic heterocycles. The first-order valence-corrected chi connectivity index (χ1v) is 9.70. The third-order valence-corrected chi connectivity index (χ3v) is 5.06. The Kier molecular flexibility index (Phi) is 6.68. The molecule has 3 rings (SSSR count). The second kappa shape index (κ2) is 9.39. The van der Waals surface area contributed by atoms with Crippen LogP contribution in [0.5, 0.6) is 5.75 Å². The highest BCUT2D eigenvalue weighted by molar-refractivity contribution is 6.31. The maximum absolute atomic E-state index is 12.2. The van der Waals surface area contributed by atoms with E-state index in [0.717, 1.165) is 22.4 Å². The minimum Gasteiger partial charge on any atom is -0.483 e. The van der Waals surface area contributed by atoms with Gasteiger partial charge in [0.15, 0.2) is 6.61 Å². The van der Waals surface area contributed by atoms with E-state index < -0.39 is 0 Å². The lowest BCUT2D eigenvalue weighted by molar-refractivity contribution is -0.118. The molecule has 0 radical (unpaired) electrons. The van der Waals surface area contributed by atoms with Gasteiger partial charge in [-0.15, -0.1) is 0 Å². The molecule has 0 fully saturated rings. The third kappa shape index (κ3) is 5.46. The van der Waals surface area contributed by atoms with Gasteiger partial charge >= 0.3 is 0 Å². The molecule has 29 heavy (non-hydrogen) atoms. The van der Waals surface area contributed by atoms with E-state index >= 15 is 0 Å². The normalized spacial score (nSPS) is 10.9. The van der Waals surface area contributed by atoms with E-state index in [1.807, 2.05) is 62.4 Å². The fourth-order valence-electron chi connectivity index (χ4n) is 2.74. The van der Waals surface area contributed by atoms with Crippen molar-refractivity contribution in [3.05, 3.63) is 87.9 Å². The number of rotatable bonds is 6. The second-order valence-electron chi connectivity index (χ2n) is 6.82. The molecular formula is C24H23ClN2O2. The minimum absolute atomic E-state index is 0.111. The van der Waals surface area contributed by atoms with Gasteiger partial charge in [0, 0.05) is 22.5 Å². The molecule has 0 saturated heterocycles. The Labute approximate surface area is 176 Å². The molecular weight excluding hydrogens is 384 g/mol. The topological polar surface area (TPSA) is 50.7 Å². The van der Waals surface area contributed by atoms with Crippen LogP contribution in [0.25, 0.3) is 0 Å². The average molecular weight is 407 g/mol. The van der Waals surface area contributed by atoms with Crippen LogP contribution >= 0.6 is 11.6 Å². The van der Waals surface area contributed by atoms with Crippen molar-refractivity contribution in [2.45, 2.75) is 20.8 Å². The zero-order chi connectivity index (χ0) is 20.8. The first-order valence-electron chi connectivity index (χ1n) is 9.32. The fraction of sp³-hybridized carbons (Fsp3) is 0.167. The predicted octanol–water partition coefficient (Wildman–Crippen LogP) is 6.03. The smallest absolute Gasteiger partial charge is 0.262 e. The van der Waals surface area contributed by atoms with Crippen molar-refractivity contribution in [1.82, 2.24) is 0 Å². The summed E-state index contributed by atoms with van der Waals surface area (Å²) in [6.45, 7) is 5.91. The molecule has 0 unspecified atom stereocenters. The van der Waals surface area contributed by atoms with Crippen LogP contribution in [0.1, 0.15) is 22.3 Å². The van der Waals surface area contributed by atoms with Crippen molar-refractivity contribution in [2.24, 2.45) is 4.99 Å². The van der Waals surface area contributed by atoms with Crippen molar-refractivity contribution in [2.75, 3.05) is 11.9 Å². The standard InChI is InChI=1S/C24H23ClN2O2/c1-16-7-6-9-22(18(16)3)26-14-19-8-4-5-10-23(19)29-15-24(28)27-20-12-11-17(2)21(25)13-20/h4-14H,15H2,1-3H3,(H,27,28). The highest BCUT2D eigenvalue weighted by Crippen LogP contribution is 2.23. The Bertz CT molecular complexity index is 1060. The molecule has 0 aliphatic rings. The number of para-hydroxylation sites is 1. The number of carbonyl (C=O) groups is 1. The lowest BCUT2D eigenvalue weighted by Crippen LogP contribution is -2.20. The number of benzene rings is 3. The molecule has 4 nitrogen and oxygen atoms in total. The van der Waals surface area contributed by atoms with E-state index in [1.165, 1.54) is 5.56 Å². The molecule has 0 atom stereocenters.